The Morgan fingerprint density at radius 3 is 2.38 bits per heavy atom. The van der Waals surface area contributed by atoms with Gasteiger partial charge in [0.15, 0.2) is 0 Å². The molecular weight excluding hydrogens is 288 g/mol. The van der Waals surface area contributed by atoms with E-state index in [1.165, 1.54) is 4.31 Å². The normalized spacial score (nSPS) is 11.8. The number of sulfonamides is 1. The molecule has 1 rings (SSSR count). The fourth-order valence-corrected chi connectivity index (χ4v) is 3.15. The van der Waals surface area contributed by atoms with Gasteiger partial charge in [0.1, 0.15) is 0 Å². The Labute approximate surface area is 128 Å². The minimum absolute atomic E-state index is 0.155. The van der Waals surface area contributed by atoms with Crippen LogP contribution in [0.2, 0.25) is 0 Å². The molecule has 0 bridgehead atoms. The number of nitrogens with zero attached hydrogens (tertiary/aromatic N) is 1. The molecule has 0 amide bonds. The van der Waals surface area contributed by atoms with Crippen LogP contribution in [0.25, 0.3) is 0 Å². The summed E-state index contributed by atoms with van der Waals surface area (Å²) in [6.45, 7) is 3.58. The van der Waals surface area contributed by atoms with Crippen molar-refractivity contribution in [2.75, 3.05) is 32.1 Å². The van der Waals surface area contributed by atoms with Gasteiger partial charge >= 0.3 is 0 Å². The number of benzene rings is 1. The summed E-state index contributed by atoms with van der Waals surface area (Å²) in [6, 6.07) is 6.86. The average molecular weight is 314 g/mol. The minimum Gasteiger partial charge on any atom is -0.396 e. The first-order valence-electron chi connectivity index (χ1n) is 7.43. The maximum absolute atomic E-state index is 12.4. The SMILES string of the molecule is CCCNc1ccc(S(=O)(=O)N(C)CCCCCO)cc1. The molecule has 1 aromatic carbocycles. The molecular formula is C15H26N2O3S. The smallest absolute Gasteiger partial charge is 0.242 e. The third-order valence-electron chi connectivity index (χ3n) is 3.27. The lowest BCUT2D eigenvalue weighted by Crippen LogP contribution is -2.28. The second-order valence-corrected chi connectivity index (χ2v) is 7.11. The Morgan fingerprint density at radius 1 is 1.14 bits per heavy atom. The van der Waals surface area contributed by atoms with Gasteiger partial charge in [-0.1, -0.05) is 6.92 Å². The van der Waals surface area contributed by atoms with E-state index in [1.54, 1.807) is 31.3 Å². The van der Waals surface area contributed by atoms with Crippen molar-refractivity contribution < 1.29 is 13.5 Å². The van der Waals surface area contributed by atoms with Crippen molar-refractivity contribution in [2.45, 2.75) is 37.5 Å². The van der Waals surface area contributed by atoms with Crippen molar-refractivity contribution in [3.63, 3.8) is 0 Å². The molecule has 0 aliphatic carbocycles. The molecule has 0 atom stereocenters. The van der Waals surface area contributed by atoms with E-state index in [1.807, 2.05) is 0 Å². The fourth-order valence-electron chi connectivity index (χ4n) is 1.94. The summed E-state index contributed by atoms with van der Waals surface area (Å²) in [5.41, 5.74) is 0.932. The van der Waals surface area contributed by atoms with Crippen LogP contribution in [0.5, 0.6) is 0 Å². The highest BCUT2D eigenvalue weighted by molar-refractivity contribution is 7.89. The molecule has 0 radical (unpaired) electrons. The number of nitrogens with one attached hydrogen (secondary N) is 1. The number of rotatable bonds is 10. The minimum atomic E-state index is -3.42. The lowest BCUT2D eigenvalue weighted by atomic mass is 10.2. The van der Waals surface area contributed by atoms with E-state index in [2.05, 4.69) is 12.2 Å². The lowest BCUT2D eigenvalue weighted by molar-refractivity contribution is 0.281. The molecule has 2 N–H and O–H groups in total. The third-order valence-corrected chi connectivity index (χ3v) is 5.14. The lowest BCUT2D eigenvalue weighted by Gasteiger charge is -2.17. The Balaban J connectivity index is 2.64. The number of hydrogen-bond donors (Lipinski definition) is 2. The average Bonchev–Trinajstić information content (AvgIpc) is 2.49. The largest absolute Gasteiger partial charge is 0.396 e. The zero-order valence-electron chi connectivity index (χ0n) is 12.9. The van der Waals surface area contributed by atoms with Crippen molar-refractivity contribution in [1.29, 1.82) is 0 Å². The highest BCUT2D eigenvalue weighted by Gasteiger charge is 2.19. The third kappa shape index (κ3) is 5.65. The van der Waals surface area contributed by atoms with Gasteiger partial charge in [-0.3, -0.25) is 0 Å². The maximum Gasteiger partial charge on any atom is 0.242 e. The van der Waals surface area contributed by atoms with E-state index < -0.39 is 10.0 Å². The van der Waals surface area contributed by atoms with Crippen molar-refractivity contribution >= 4 is 15.7 Å². The zero-order chi connectivity index (χ0) is 15.7. The summed E-state index contributed by atoms with van der Waals surface area (Å²) >= 11 is 0. The Kier molecular flexibility index (Phi) is 7.71. The van der Waals surface area contributed by atoms with E-state index >= 15 is 0 Å². The van der Waals surface area contributed by atoms with Crippen LogP contribution in [0.4, 0.5) is 5.69 Å². The summed E-state index contributed by atoms with van der Waals surface area (Å²) in [4.78, 5) is 0.314. The molecule has 21 heavy (non-hydrogen) atoms. The summed E-state index contributed by atoms with van der Waals surface area (Å²) in [7, 11) is -1.83. The van der Waals surface area contributed by atoms with Crippen LogP contribution >= 0.6 is 0 Å². The predicted octanol–water partition coefficient (Wildman–Crippen LogP) is 2.29. The van der Waals surface area contributed by atoms with Gasteiger partial charge in [0.05, 0.1) is 4.90 Å². The molecule has 5 nitrogen and oxygen atoms in total. The van der Waals surface area contributed by atoms with Gasteiger partial charge in [0, 0.05) is 32.4 Å². The van der Waals surface area contributed by atoms with Crippen molar-refractivity contribution in [1.82, 2.24) is 4.31 Å². The molecule has 0 saturated carbocycles. The van der Waals surface area contributed by atoms with Gasteiger partial charge in [-0.2, -0.15) is 0 Å². The first-order valence-corrected chi connectivity index (χ1v) is 8.87. The maximum atomic E-state index is 12.4. The molecule has 1 aromatic rings. The molecule has 0 heterocycles. The van der Waals surface area contributed by atoms with E-state index in [0.717, 1.165) is 31.5 Å². The van der Waals surface area contributed by atoms with Crippen LogP contribution < -0.4 is 5.32 Å². The number of hydrogen-bond acceptors (Lipinski definition) is 4. The van der Waals surface area contributed by atoms with E-state index in [0.29, 0.717) is 17.9 Å². The van der Waals surface area contributed by atoms with Gasteiger partial charge in [0.2, 0.25) is 10.0 Å². The molecule has 0 aliphatic heterocycles. The molecule has 6 heteroatoms. The monoisotopic (exact) mass is 314 g/mol. The van der Waals surface area contributed by atoms with Gasteiger partial charge in [-0.05, 0) is 49.9 Å². The van der Waals surface area contributed by atoms with E-state index in [9.17, 15) is 8.42 Å². The molecule has 0 saturated heterocycles. The first-order chi connectivity index (χ1) is 10.0. The van der Waals surface area contributed by atoms with Crippen LogP contribution in [-0.4, -0.2) is 44.6 Å². The molecule has 0 aromatic heterocycles. The number of anilines is 1. The van der Waals surface area contributed by atoms with Crippen LogP contribution in [0.3, 0.4) is 0 Å². The quantitative estimate of drug-likeness (QED) is 0.650. The fraction of sp³-hybridized carbons (Fsp3) is 0.600. The summed E-state index contributed by atoms with van der Waals surface area (Å²) in [6.07, 6.45) is 3.32. The van der Waals surface area contributed by atoms with Crippen LogP contribution in [0, 0.1) is 0 Å². The Bertz CT molecular complexity index is 500. The number of aliphatic hydroxyl groups excluding tert-OH is 1. The molecule has 0 unspecified atom stereocenters. The Morgan fingerprint density at radius 2 is 1.81 bits per heavy atom. The van der Waals surface area contributed by atoms with E-state index in [4.69, 9.17) is 5.11 Å². The van der Waals surface area contributed by atoms with Crippen LogP contribution in [-0.2, 0) is 10.0 Å². The number of aliphatic hydroxyl groups is 1. The molecule has 120 valence electrons. The highest BCUT2D eigenvalue weighted by atomic mass is 32.2. The standard InChI is InChI=1S/C15H26N2O3S/c1-3-11-16-14-7-9-15(10-8-14)21(19,20)17(2)12-5-4-6-13-18/h7-10,16,18H,3-6,11-13H2,1-2H3. The topological polar surface area (TPSA) is 69.6 Å². The van der Waals surface area contributed by atoms with Crippen LogP contribution in [0.15, 0.2) is 29.2 Å². The first kappa shape index (κ1) is 17.9. The molecule has 0 fully saturated rings. The summed E-state index contributed by atoms with van der Waals surface area (Å²) in [5, 5.41) is 11.9. The number of unbranched alkanes of at least 4 members (excludes halogenated alkanes) is 2. The van der Waals surface area contributed by atoms with Gasteiger partial charge in [-0.25, -0.2) is 12.7 Å². The summed E-state index contributed by atoms with van der Waals surface area (Å²) in [5.74, 6) is 0. The highest BCUT2D eigenvalue weighted by Crippen LogP contribution is 2.18. The van der Waals surface area contributed by atoms with Gasteiger partial charge in [-0.15, -0.1) is 0 Å². The Hall–Kier alpha value is -1.11. The molecule has 0 spiro atoms. The van der Waals surface area contributed by atoms with Crippen molar-refractivity contribution in [2.24, 2.45) is 0 Å². The van der Waals surface area contributed by atoms with Gasteiger partial charge in [0.25, 0.3) is 0 Å². The van der Waals surface area contributed by atoms with E-state index in [-0.39, 0.29) is 6.61 Å². The van der Waals surface area contributed by atoms with Crippen molar-refractivity contribution in [3.05, 3.63) is 24.3 Å². The zero-order valence-corrected chi connectivity index (χ0v) is 13.7. The van der Waals surface area contributed by atoms with Crippen LogP contribution in [0.1, 0.15) is 32.6 Å². The molecule has 0 aliphatic rings. The van der Waals surface area contributed by atoms with Crippen molar-refractivity contribution in [3.8, 4) is 0 Å². The van der Waals surface area contributed by atoms with Gasteiger partial charge < -0.3 is 10.4 Å². The summed E-state index contributed by atoms with van der Waals surface area (Å²) < 4.78 is 26.1. The second kappa shape index (κ2) is 9.02. The second-order valence-electron chi connectivity index (χ2n) is 5.06. The predicted molar refractivity (Wildman–Crippen MR) is 86.0 cm³/mol.